The van der Waals surface area contributed by atoms with Gasteiger partial charge in [-0.1, -0.05) is 37.6 Å². The predicted octanol–water partition coefficient (Wildman–Crippen LogP) is 4.72. The van der Waals surface area contributed by atoms with Gasteiger partial charge in [-0.05, 0) is 64.5 Å². The maximum absolute atomic E-state index is 9.26. The minimum Gasteiger partial charge on any atom is -0.396 e. The average molecular weight is 437 g/mol. The summed E-state index contributed by atoms with van der Waals surface area (Å²) in [6.07, 6.45) is 7.97. The molecule has 1 fully saturated rings. The Labute approximate surface area is 193 Å². The zero-order valence-corrected chi connectivity index (χ0v) is 20.4. The summed E-state index contributed by atoms with van der Waals surface area (Å²) in [7, 11) is 0. The lowest BCUT2D eigenvalue weighted by atomic mass is 9.93. The Morgan fingerprint density at radius 3 is 2.81 bits per heavy atom. The lowest BCUT2D eigenvalue weighted by Crippen LogP contribution is -2.41. The van der Waals surface area contributed by atoms with E-state index in [2.05, 4.69) is 61.8 Å². The number of fused-ring (bicyclic) bond motifs is 1. The summed E-state index contributed by atoms with van der Waals surface area (Å²) >= 11 is 0. The number of hydrogen-bond acceptors (Lipinski definition) is 5. The first-order chi connectivity index (χ1) is 15.4. The number of para-hydroxylation sites is 1. The molecule has 5 heteroatoms. The highest BCUT2D eigenvalue weighted by Crippen LogP contribution is 2.37. The van der Waals surface area contributed by atoms with Gasteiger partial charge in [0.15, 0.2) is 5.84 Å². The first-order valence-electron chi connectivity index (χ1n) is 12.4. The van der Waals surface area contributed by atoms with Crippen molar-refractivity contribution in [2.75, 3.05) is 44.2 Å². The molecule has 0 amide bonds. The molecule has 3 heterocycles. The number of aliphatic imine (C=N–C) groups is 2. The Hall–Kier alpha value is -1.98. The number of likely N-dealkylation sites (tertiary alicyclic amines) is 1. The second-order valence-electron chi connectivity index (χ2n) is 10.3. The van der Waals surface area contributed by atoms with Gasteiger partial charge in [-0.25, -0.2) is 4.99 Å². The smallest absolute Gasteiger partial charge is 0.155 e. The highest BCUT2D eigenvalue weighted by atomic mass is 16.2. The van der Waals surface area contributed by atoms with Gasteiger partial charge in [0.25, 0.3) is 0 Å². The van der Waals surface area contributed by atoms with Gasteiger partial charge in [-0.3, -0.25) is 9.89 Å². The van der Waals surface area contributed by atoms with Crippen molar-refractivity contribution in [3.63, 3.8) is 0 Å². The molecule has 1 aromatic rings. The zero-order chi connectivity index (χ0) is 22.7. The summed E-state index contributed by atoms with van der Waals surface area (Å²) < 4.78 is 0. The number of rotatable bonds is 9. The normalized spacial score (nSPS) is 21.3. The molecule has 0 aromatic heterocycles. The fraction of sp³-hybridized carbons (Fsp3) is 0.630. The summed E-state index contributed by atoms with van der Waals surface area (Å²) in [5, 5.41) is 9.26. The molecule has 1 saturated heterocycles. The van der Waals surface area contributed by atoms with Crippen molar-refractivity contribution < 1.29 is 5.11 Å². The van der Waals surface area contributed by atoms with Crippen LogP contribution in [0.4, 0.5) is 5.69 Å². The third-order valence-electron chi connectivity index (χ3n) is 7.55. The van der Waals surface area contributed by atoms with Gasteiger partial charge in [-0.2, -0.15) is 0 Å². The Bertz CT molecular complexity index is 914. The average Bonchev–Trinajstić information content (AvgIpc) is 3.37. The van der Waals surface area contributed by atoms with Crippen molar-refractivity contribution in [2.24, 2.45) is 15.9 Å². The lowest BCUT2D eigenvalue weighted by molar-refractivity contribution is 0.201. The van der Waals surface area contributed by atoms with E-state index in [1.807, 2.05) is 0 Å². The Balaban J connectivity index is 1.53. The number of benzene rings is 1. The Kier molecular flexibility index (Phi) is 7.16. The second kappa shape index (κ2) is 9.88. The maximum atomic E-state index is 9.26. The standard InChI is InChI=1S/C27H40N4O/c1-5-21(10-7-16-32)18-30-15-12-24(23-11-6-9-20(2)25(23)30)26-28-17-22(29-26)19-31-14-8-13-27(31,3)4/h6,9,11-12,21,32H,5,7-8,10,13-19H2,1-4H3. The predicted molar refractivity (Wildman–Crippen MR) is 136 cm³/mol. The zero-order valence-electron chi connectivity index (χ0n) is 20.4. The van der Waals surface area contributed by atoms with E-state index in [1.54, 1.807) is 0 Å². The van der Waals surface area contributed by atoms with Crippen LogP contribution in [0.5, 0.6) is 0 Å². The largest absolute Gasteiger partial charge is 0.396 e. The van der Waals surface area contributed by atoms with E-state index < -0.39 is 0 Å². The van der Waals surface area contributed by atoms with Crippen LogP contribution < -0.4 is 4.90 Å². The second-order valence-corrected chi connectivity index (χ2v) is 10.3. The van der Waals surface area contributed by atoms with Crippen LogP contribution in [0.1, 0.15) is 64.0 Å². The Morgan fingerprint density at radius 1 is 1.25 bits per heavy atom. The summed E-state index contributed by atoms with van der Waals surface area (Å²) in [6, 6.07) is 6.60. The van der Waals surface area contributed by atoms with Crippen LogP contribution in [0.3, 0.4) is 0 Å². The minimum atomic E-state index is 0.269. The van der Waals surface area contributed by atoms with E-state index >= 15 is 0 Å². The highest BCUT2D eigenvalue weighted by molar-refractivity contribution is 6.29. The molecule has 3 aliphatic heterocycles. The van der Waals surface area contributed by atoms with Crippen LogP contribution in [0.25, 0.3) is 5.57 Å². The third kappa shape index (κ3) is 4.84. The highest BCUT2D eigenvalue weighted by Gasteiger charge is 2.33. The Morgan fingerprint density at radius 2 is 2.09 bits per heavy atom. The van der Waals surface area contributed by atoms with Gasteiger partial charge in [0.2, 0.25) is 0 Å². The van der Waals surface area contributed by atoms with E-state index in [9.17, 15) is 5.11 Å². The summed E-state index contributed by atoms with van der Waals surface area (Å²) in [6.45, 7) is 14.2. The number of aliphatic hydroxyl groups is 1. The van der Waals surface area contributed by atoms with Crippen molar-refractivity contribution >= 4 is 22.8 Å². The SMILES string of the molecule is CCC(CCCO)CN1CC=C(C2=NCC(CN3CCCC3(C)C)=N2)c2cccc(C)c21. The molecule has 0 aliphatic carbocycles. The molecule has 1 atom stereocenters. The molecule has 4 rings (SSSR count). The maximum Gasteiger partial charge on any atom is 0.155 e. The van der Waals surface area contributed by atoms with Crippen LogP contribution >= 0.6 is 0 Å². The van der Waals surface area contributed by atoms with Gasteiger partial charge in [0, 0.05) is 48.6 Å². The number of aryl methyl sites for hydroxylation is 1. The van der Waals surface area contributed by atoms with Gasteiger partial charge < -0.3 is 10.0 Å². The summed E-state index contributed by atoms with van der Waals surface area (Å²) in [5.41, 5.74) is 6.57. The molecular weight excluding hydrogens is 396 g/mol. The van der Waals surface area contributed by atoms with Crippen molar-refractivity contribution in [2.45, 2.75) is 65.3 Å². The number of nitrogens with zero attached hydrogens (tertiary/aromatic N) is 4. The van der Waals surface area contributed by atoms with Crippen LogP contribution in [-0.4, -0.2) is 66.4 Å². The minimum absolute atomic E-state index is 0.269. The van der Waals surface area contributed by atoms with Crippen molar-refractivity contribution in [1.29, 1.82) is 0 Å². The van der Waals surface area contributed by atoms with E-state index in [0.717, 1.165) is 57.8 Å². The van der Waals surface area contributed by atoms with Crippen LogP contribution in [0.15, 0.2) is 34.3 Å². The van der Waals surface area contributed by atoms with Crippen LogP contribution in [-0.2, 0) is 0 Å². The van der Waals surface area contributed by atoms with Crippen molar-refractivity contribution in [1.82, 2.24) is 4.90 Å². The molecule has 1 aromatic carbocycles. The van der Waals surface area contributed by atoms with Gasteiger partial charge in [0.1, 0.15) is 0 Å². The number of anilines is 1. The van der Waals surface area contributed by atoms with Gasteiger partial charge in [-0.15, -0.1) is 0 Å². The first kappa shape index (κ1) is 23.2. The monoisotopic (exact) mass is 436 g/mol. The van der Waals surface area contributed by atoms with E-state index in [1.165, 1.54) is 40.9 Å². The van der Waals surface area contributed by atoms with E-state index in [4.69, 9.17) is 9.98 Å². The fourth-order valence-electron chi connectivity index (χ4n) is 5.49. The third-order valence-corrected chi connectivity index (χ3v) is 7.55. The molecule has 0 spiro atoms. The molecule has 0 bridgehead atoms. The molecule has 1 N–H and O–H groups in total. The quantitative estimate of drug-likeness (QED) is 0.609. The number of aliphatic hydroxyl groups excluding tert-OH is 1. The van der Waals surface area contributed by atoms with Gasteiger partial charge in [0.05, 0.1) is 12.3 Å². The fourth-order valence-corrected chi connectivity index (χ4v) is 5.49. The number of amidine groups is 1. The lowest BCUT2D eigenvalue weighted by Gasteiger charge is -2.34. The molecule has 0 saturated carbocycles. The van der Waals surface area contributed by atoms with Crippen LogP contribution in [0, 0.1) is 12.8 Å². The molecule has 0 radical (unpaired) electrons. The molecular formula is C27H40N4O. The summed E-state index contributed by atoms with van der Waals surface area (Å²) in [4.78, 5) is 15.0. The molecule has 174 valence electrons. The van der Waals surface area contributed by atoms with Crippen molar-refractivity contribution in [3.8, 4) is 0 Å². The molecule has 3 aliphatic rings. The molecule has 5 nitrogen and oxygen atoms in total. The van der Waals surface area contributed by atoms with Crippen LogP contribution in [0.2, 0.25) is 0 Å². The molecule has 1 unspecified atom stereocenters. The molecule has 32 heavy (non-hydrogen) atoms. The van der Waals surface area contributed by atoms with Gasteiger partial charge >= 0.3 is 0 Å². The number of hydrogen-bond donors (Lipinski definition) is 1. The topological polar surface area (TPSA) is 51.4 Å². The van der Waals surface area contributed by atoms with E-state index in [-0.39, 0.29) is 12.1 Å². The van der Waals surface area contributed by atoms with E-state index in [0.29, 0.717) is 5.92 Å². The van der Waals surface area contributed by atoms with Crippen molar-refractivity contribution in [3.05, 3.63) is 35.4 Å². The first-order valence-corrected chi connectivity index (χ1v) is 12.4. The summed E-state index contributed by atoms with van der Waals surface area (Å²) in [5.74, 6) is 1.51.